The Morgan fingerprint density at radius 3 is 2.93 bits per heavy atom. The van der Waals surface area contributed by atoms with Crippen LogP contribution in [0.3, 0.4) is 0 Å². The molecule has 1 aliphatic carbocycles. The van der Waals surface area contributed by atoms with Crippen LogP contribution in [0.1, 0.15) is 38.9 Å². The third-order valence-corrected chi connectivity index (χ3v) is 3.11. The summed E-state index contributed by atoms with van der Waals surface area (Å²) in [7, 11) is 0. The molecule has 1 aromatic rings. The molecule has 1 heterocycles. The highest BCUT2D eigenvalue weighted by Gasteiger charge is 2.32. The van der Waals surface area contributed by atoms with Crippen LogP contribution in [0.15, 0.2) is 12.4 Å². The molecule has 0 spiro atoms. The van der Waals surface area contributed by atoms with Gasteiger partial charge in [0.1, 0.15) is 5.82 Å². The Balaban J connectivity index is 1.99. The Hall–Kier alpha value is -0.830. The van der Waals surface area contributed by atoms with Crippen molar-refractivity contribution in [1.29, 1.82) is 0 Å². The highest BCUT2D eigenvalue weighted by Crippen LogP contribution is 2.37. The van der Waals surface area contributed by atoms with Gasteiger partial charge in [0.25, 0.3) is 0 Å². The summed E-state index contributed by atoms with van der Waals surface area (Å²) < 4.78 is 2.10. The fourth-order valence-electron chi connectivity index (χ4n) is 2.15. The summed E-state index contributed by atoms with van der Waals surface area (Å²) in [6, 6.07) is 0. The molecule has 1 aromatic heterocycles. The van der Waals surface area contributed by atoms with Crippen LogP contribution >= 0.6 is 0 Å². The van der Waals surface area contributed by atoms with Crippen molar-refractivity contribution < 1.29 is 5.11 Å². The number of nitrogens with zero attached hydrogens (tertiary/aromatic N) is 2. The van der Waals surface area contributed by atoms with E-state index < -0.39 is 5.60 Å². The summed E-state index contributed by atoms with van der Waals surface area (Å²) in [4.78, 5) is 4.30. The summed E-state index contributed by atoms with van der Waals surface area (Å²) in [5, 5.41) is 10.3. The molecule has 1 fully saturated rings. The lowest BCUT2D eigenvalue weighted by Gasteiger charge is -2.23. The molecule has 0 aliphatic heterocycles. The molecule has 84 valence electrons. The molecule has 0 saturated heterocycles. The van der Waals surface area contributed by atoms with Crippen molar-refractivity contribution in [2.45, 2.75) is 51.7 Å². The first-order valence-electron chi connectivity index (χ1n) is 5.83. The fraction of sp³-hybridized carbons (Fsp3) is 0.750. The number of aryl methyl sites for hydroxylation is 1. The zero-order valence-electron chi connectivity index (χ0n) is 9.61. The monoisotopic (exact) mass is 208 g/mol. The zero-order chi connectivity index (χ0) is 10.9. The fourth-order valence-corrected chi connectivity index (χ4v) is 2.15. The first-order valence-corrected chi connectivity index (χ1v) is 5.83. The molecule has 0 radical (unpaired) electrons. The van der Waals surface area contributed by atoms with Crippen molar-refractivity contribution in [3.8, 4) is 0 Å². The van der Waals surface area contributed by atoms with Crippen LogP contribution < -0.4 is 0 Å². The molecule has 1 unspecified atom stereocenters. The summed E-state index contributed by atoms with van der Waals surface area (Å²) in [5.41, 5.74) is -0.584. The van der Waals surface area contributed by atoms with Gasteiger partial charge in [0.05, 0.1) is 5.60 Å². The summed E-state index contributed by atoms with van der Waals surface area (Å²) in [6.07, 6.45) is 7.96. The number of rotatable bonds is 5. The second-order valence-electron chi connectivity index (χ2n) is 4.95. The molecule has 1 atom stereocenters. The van der Waals surface area contributed by atoms with E-state index in [2.05, 4.69) is 16.5 Å². The normalized spacial score (nSPS) is 20.2. The average Bonchev–Trinajstić information content (AvgIpc) is 2.82. The summed E-state index contributed by atoms with van der Waals surface area (Å²) in [5.74, 6) is 1.76. The lowest BCUT2D eigenvalue weighted by atomic mass is 9.95. The molecule has 0 aromatic carbocycles. The van der Waals surface area contributed by atoms with Gasteiger partial charge in [-0.2, -0.15) is 0 Å². The number of hydrogen-bond acceptors (Lipinski definition) is 2. The maximum absolute atomic E-state index is 10.3. The van der Waals surface area contributed by atoms with Crippen LogP contribution in [-0.2, 0) is 13.0 Å². The lowest BCUT2D eigenvalue weighted by Crippen LogP contribution is -2.29. The van der Waals surface area contributed by atoms with E-state index in [-0.39, 0.29) is 0 Å². The SMILES string of the molecule is CCn1ccnc1CC(C)(O)CC1CC1. The summed E-state index contributed by atoms with van der Waals surface area (Å²) in [6.45, 7) is 4.95. The van der Waals surface area contributed by atoms with E-state index in [0.29, 0.717) is 6.42 Å². The van der Waals surface area contributed by atoms with E-state index in [4.69, 9.17) is 0 Å². The topological polar surface area (TPSA) is 38.0 Å². The minimum absolute atomic E-state index is 0.584. The molecule has 3 nitrogen and oxygen atoms in total. The number of imidazole rings is 1. The van der Waals surface area contributed by atoms with Gasteiger partial charge in [0, 0.05) is 25.4 Å². The van der Waals surface area contributed by atoms with Gasteiger partial charge in [-0.05, 0) is 26.2 Å². The molecule has 0 bridgehead atoms. The van der Waals surface area contributed by atoms with E-state index >= 15 is 0 Å². The Morgan fingerprint density at radius 2 is 2.33 bits per heavy atom. The highest BCUT2D eigenvalue weighted by molar-refractivity contribution is 4.99. The van der Waals surface area contributed by atoms with Gasteiger partial charge in [0.15, 0.2) is 0 Å². The molecular weight excluding hydrogens is 188 g/mol. The Morgan fingerprint density at radius 1 is 1.60 bits per heavy atom. The second-order valence-corrected chi connectivity index (χ2v) is 4.95. The van der Waals surface area contributed by atoms with Crippen molar-refractivity contribution in [3.63, 3.8) is 0 Å². The smallest absolute Gasteiger partial charge is 0.111 e. The van der Waals surface area contributed by atoms with Crippen molar-refractivity contribution >= 4 is 0 Å². The minimum atomic E-state index is -0.584. The largest absolute Gasteiger partial charge is 0.390 e. The highest BCUT2D eigenvalue weighted by atomic mass is 16.3. The van der Waals surface area contributed by atoms with Crippen molar-refractivity contribution in [2.75, 3.05) is 0 Å². The van der Waals surface area contributed by atoms with Crippen LogP contribution in [0, 0.1) is 5.92 Å². The van der Waals surface area contributed by atoms with E-state index in [1.54, 1.807) is 0 Å². The van der Waals surface area contributed by atoms with Gasteiger partial charge >= 0.3 is 0 Å². The maximum Gasteiger partial charge on any atom is 0.111 e. The van der Waals surface area contributed by atoms with Crippen LogP contribution in [0.5, 0.6) is 0 Å². The van der Waals surface area contributed by atoms with Gasteiger partial charge < -0.3 is 9.67 Å². The van der Waals surface area contributed by atoms with Gasteiger partial charge in [-0.25, -0.2) is 4.98 Å². The van der Waals surface area contributed by atoms with Crippen LogP contribution in [0.2, 0.25) is 0 Å². The predicted octanol–water partition coefficient (Wildman–Crippen LogP) is 2.00. The van der Waals surface area contributed by atoms with E-state index in [1.807, 2.05) is 19.3 Å². The maximum atomic E-state index is 10.3. The van der Waals surface area contributed by atoms with Crippen LogP contribution in [0.4, 0.5) is 0 Å². The van der Waals surface area contributed by atoms with Gasteiger partial charge in [-0.15, -0.1) is 0 Å². The van der Waals surface area contributed by atoms with Gasteiger partial charge in [-0.3, -0.25) is 0 Å². The van der Waals surface area contributed by atoms with Crippen molar-refractivity contribution in [3.05, 3.63) is 18.2 Å². The molecular formula is C12H20N2O. The predicted molar refractivity (Wildman–Crippen MR) is 59.6 cm³/mol. The van der Waals surface area contributed by atoms with E-state index in [1.165, 1.54) is 12.8 Å². The van der Waals surface area contributed by atoms with Gasteiger partial charge in [0.2, 0.25) is 0 Å². The number of aromatic nitrogens is 2. The number of hydrogen-bond donors (Lipinski definition) is 1. The molecule has 3 heteroatoms. The van der Waals surface area contributed by atoms with Crippen LogP contribution in [-0.4, -0.2) is 20.3 Å². The van der Waals surface area contributed by atoms with Crippen molar-refractivity contribution in [2.24, 2.45) is 5.92 Å². The Kier molecular flexibility index (Phi) is 2.83. The quantitative estimate of drug-likeness (QED) is 0.803. The van der Waals surface area contributed by atoms with E-state index in [9.17, 15) is 5.11 Å². The third kappa shape index (κ3) is 2.81. The zero-order valence-corrected chi connectivity index (χ0v) is 9.61. The Bertz CT molecular complexity index is 326. The molecule has 1 aliphatic rings. The molecule has 0 amide bonds. The van der Waals surface area contributed by atoms with Crippen LogP contribution in [0.25, 0.3) is 0 Å². The Labute approximate surface area is 91.1 Å². The third-order valence-electron chi connectivity index (χ3n) is 3.11. The summed E-state index contributed by atoms with van der Waals surface area (Å²) >= 11 is 0. The molecule has 1 saturated carbocycles. The first-order chi connectivity index (χ1) is 7.11. The molecule has 2 rings (SSSR count). The van der Waals surface area contributed by atoms with Crippen molar-refractivity contribution in [1.82, 2.24) is 9.55 Å². The standard InChI is InChI=1S/C12H20N2O/c1-3-14-7-6-13-11(14)9-12(2,15)8-10-4-5-10/h6-7,10,15H,3-5,8-9H2,1-2H3. The second kappa shape index (κ2) is 3.97. The average molecular weight is 208 g/mol. The first kappa shape index (κ1) is 10.7. The van der Waals surface area contributed by atoms with Gasteiger partial charge in [-0.1, -0.05) is 12.8 Å². The molecule has 15 heavy (non-hydrogen) atoms. The minimum Gasteiger partial charge on any atom is -0.390 e. The lowest BCUT2D eigenvalue weighted by molar-refractivity contribution is 0.0427. The molecule has 1 N–H and O–H groups in total. The van der Waals surface area contributed by atoms with E-state index in [0.717, 1.165) is 24.7 Å². The number of aliphatic hydroxyl groups is 1.